The minimum Gasteiger partial charge on any atom is -0.444 e. The lowest BCUT2D eigenvalue weighted by atomic mass is 10.0. The number of ether oxygens (including phenoxy) is 2. The van der Waals surface area contributed by atoms with Crippen molar-refractivity contribution in [3.63, 3.8) is 0 Å². The number of hydrogen-bond acceptors (Lipinski definition) is 8. The largest absolute Gasteiger partial charge is 0.444 e. The summed E-state index contributed by atoms with van der Waals surface area (Å²) in [4.78, 5) is 71.1. The van der Waals surface area contributed by atoms with Gasteiger partial charge in [-0.2, -0.15) is 0 Å². The number of likely N-dealkylation sites (tertiary alicyclic amines) is 1. The van der Waals surface area contributed by atoms with Crippen molar-refractivity contribution in [1.29, 1.82) is 0 Å². The molecule has 4 N–H and O–H groups in total. The van der Waals surface area contributed by atoms with Crippen molar-refractivity contribution in [3.05, 3.63) is 84.3 Å². The lowest BCUT2D eigenvalue weighted by Crippen LogP contribution is -2.59. The number of carbonyl (C=O) groups is 5. The molecule has 268 valence electrons. The van der Waals surface area contributed by atoms with Crippen molar-refractivity contribution in [3.8, 4) is 0 Å². The summed E-state index contributed by atoms with van der Waals surface area (Å²) in [5.74, 6) is -1.57. The summed E-state index contributed by atoms with van der Waals surface area (Å²) in [7, 11) is 0. The van der Waals surface area contributed by atoms with Gasteiger partial charge in [0, 0.05) is 19.3 Å². The summed E-state index contributed by atoms with van der Waals surface area (Å²) in [6.45, 7) is 8.85. The fourth-order valence-electron chi connectivity index (χ4n) is 5.22. The molecule has 0 saturated carbocycles. The van der Waals surface area contributed by atoms with Crippen molar-refractivity contribution in [2.24, 2.45) is 0 Å². The van der Waals surface area contributed by atoms with E-state index in [4.69, 9.17) is 9.47 Å². The molecule has 1 fully saturated rings. The Labute approximate surface area is 292 Å². The second-order valence-electron chi connectivity index (χ2n) is 13.6. The van der Waals surface area contributed by atoms with Crippen molar-refractivity contribution < 1.29 is 33.4 Å². The SMILES string of the molecule is CC(C)(C)OC(=O)NC(C)(C)C(=O)N[C@H](COCc1ccccc1)C(=O)Nc1cn(CC(=O)N2CCC[C@H]2C(=O)NCc2ccccc2)cn1. The topological polar surface area (TPSA) is 173 Å². The van der Waals surface area contributed by atoms with Crippen LogP contribution < -0.4 is 21.3 Å². The van der Waals surface area contributed by atoms with Crippen LogP contribution in [0.25, 0.3) is 0 Å². The zero-order chi connectivity index (χ0) is 36.3. The molecule has 0 bridgehead atoms. The molecule has 0 unspecified atom stereocenters. The highest BCUT2D eigenvalue weighted by molar-refractivity contribution is 5.98. The fourth-order valence-corrected chi connectivity index (χ4v) is 5.22. The summed E-state index contributed by atoms with van der Waals surface area (Å²) >= 11 is 0. The number of amides is 5. The zero-order valence-corrected chi connectivity index (χ0v) is 29.2. The second kappa shape index (κ2) is 16.9. The third kappa shape index (κ3) is 11.4. The lowest BCUT2D eigenvalue weighted by Gasteiger charge is -2.29. The van der Waals surface area contributed by atoms with E-state index in [1.165, 1.54) is 30.9 Å². The van der Waals surface area contributed by atoms with Crippen LogP contribution in [0, 0.1) is 0 Å². The van der Waals surface area contributed by atoms with Gasteiger partial charge >= 0.3 is 6.09 Å². The van der Waals surface area contributed by atoms with E-state index in [1.54, 1.807) is 25.7 Å². The Hall–Kier alpha value is -5.24. The highest BCUT2D eigenvalue weighted by Crippen LogP contribution is 2.19. The predicted molar refractivity (Wildman–Crippen MR) is 185 cm³/mol. The summed E-state index contributed by atoms with van der Waals surface area (Å²) in [5, 5.41) is 10.8. The third-order valence-corrected chi connectivity index (χ3v) is 7.79. The molecule has 1 aliphatic heterocycles. The molecule has 4 rings (SSSR count). The van der Waals surface area contributed by atoms with E-state index in [2.05, 4.69) is 26.3 Å². The first-order valence-corrected chi connectivity index (χ1v) is 16.6. The van der Waals surface area contributed by atoms with Gasteiger partial charge in [-0.3, -0.25) is 19.2 Å². The molecule has 14 heteroatoms. The van der Waals surface area contributed by atoms with Gasteiger partial charge in [-0.15, -0.1) is 0 Å². The first-order valence-electron chi connectivity index (χ1n) is 16.6. The highest BCUT2D eigenvalue weighted by atomic mass is 16.6. The minimum absolute atomic E-state index is 0.0871. The molecule has 5 amide bonds. The summed E-state index contributed by atoms with van der Waals surface area (Å²) in [6, 6.07) is 17.2. The van der Waals surface area contributed by atoms with Crippen molar-refractivity contribution in [2.75, 3.05) is 18.5 Å². The Morgan fingerprint density at radius 3 is 2.26 bits per heavy atom. The first-order chi connectivity index (χ1) is 23.7. The maximum atomic E-state index is 13.5. The smallest absolute Gasteiger partial charge is 0.408 e. The fraction of sp³-hybridized carbons (Fsp3) is 0.444. The quantitative estimate of drug-likeness (QED) is 0.200. The standard InChI is InChI=1S/C36H47N7O7/c1-35(2,3)50-34(48)41-36(4,5)33(47)39-27(23-49-22-26-15-10-7-11-16-26)31(45)40-29-20-42(24-38-29)21-30(44)43-18-12-17-28(43)32(46)37-19-25-13-8-6-9-14-25/h6-11,13-16,20,24,27-28H,12,17-19,21-23H2,1-5H3,(H,37,46)(H,39,47)(H,40,45)(H,41,48)/t27-,28+/m1/s1. The molecule has 1 aromatic heterocycles. The molecule has 2 aromatic carbocycles. The van der Waals surface area contributed by atoms with E-state index in [9.17, 15) is 24.0 Å². The van der Waals surface area contributed by atoms with E-state index in [0.717, 1.165) is 11.1 Å². The van der Waals surface area contributed by atoms with Crippen LogP contribution >= 0.6 is 0 Å². The van der Waals surface area contributed by atoms with Gasteiger partial charge in [0.15, 0.2) is 5.82 Å². The van der Waals surface area contributed by atoms with Gasteiger partial charge in [-0.25, -0.2) is 9.78 Å². The number of carbonyl (C=O) groups excluding carboxylic acids is 5. The van der Waals surface area contributed by atoms with Crippen LogP contribution in [-0.4, -0.2) is 80.5 Å². The highest BCUT2D eigenvalue weighted by Gasteiger charge is 2.36. The number of nitrogens with one attached hydrogen (secondary N) is 4. The number of anilines is 1. The van der Waals surface area contributed by atoms with Crippen LogP contribution in [0.1, 0.15) is 58.6 Å². The molecular weight excluding hydrogens is 642 g/mol. The summed E-state index contributed by atoms with van der Waals surface area (Å²) in [6.07, 6.45) is 3.40. The molecule has 14 nitrogen and oxygen atoms in total. The van der Waals surface area contributed by atoms with E-state index < -0.39 is 41.1 Å². The maximum Gasteiger partial charge on any atom is 0.408 e. The maximum absolute atomic E-state index is 13.5. The molecule has 2 atom stereocenters. The van der Waals surface area contributed by atoms with E-state index in [1.807, 2.05) is 60.7 Å². The Morgan fingerprint density at radius 1 is 0.940 bits per heavy atom. The molecular formula is C36H47N7O7. The molecule has 50 heavy (non-hydrogen) atoms. The van der Waals surface area contributed by atoms with Crippen LogP contribution in [0.15, 0.2) is 73.2 Å². The number of benzene rings is 2. The normalized spacial score (nSPS) is 15.1. The number of hydrogen-bond donors (Lipinski definition) is 4. The van der Waals surface area contributed by atoms with Gasteiger partial charge in [0.1, 0.15) is 29.8 Å². The van der Waals surface area contributed by atoms with Crippen LogP contribution in [0.3, 0.4) is 0 Å². The molecule has 0 spiro atoms. The minimum atomic E-state index is -1.44. The number of nitrogens with zero attached hydrogens (tertiary/aromatic N) is 3. The molecule has 0 radical (unpaired) electrons. The Bertz CT molecular complexity index is 1620. The lowest BCUT2D eigenvalue weighted by molar-refractivity contribution is -0.139. The van der Waals surface area contributed by atoms with E-state index in [-0.39, 0.29) is 37.4 Å². The Morgan fingerprint density at radius 2 is 1.60 bits per heavy atom. The van der Waals surface area contributed by atoms with Gasteiger partial charge in [0.2, 0.25) is 17.7 Å². The second-order valence-corrected chi connectivity index (χ2v) is 13.6. The van der Waals surface area contributed by atoms with Crippen LogP contribution in [0.4, 0.5) is 10.6 Å². The molecule has 0 aliphatic carbocycles. The van der Waals surface area contributed by atoms with Crippen LogP contribution in [-0.2, 0) is 48.3 Å². The number of aromatic nitrogens is 2. The Balaban J connectivity index is 1.36. The Kier molecular flexibility index (Phi) is 12.7. The van der Waals surface area contributed by atoms with Crippen molar-refractivity contribution >= 4 is 35.5 Å². The summed E-state index contributed by atoms with van der Waals surface area (Å²) < 4.78 is 12.6. The van der Waals surface area contributed by atoms with E-state index >= 15 is 0 Å². The average Bonchev–Trinajstić information content (AvgIpc) is 3.73. The van der Waals surface area contributed by atoms with Gasteiger partial charge < -0.3 is 40.2 Å². The summed E-state index contributed by atoms with van der Waals surface area (Å²) in [5.41, 5.74) is -0.363. The number of imidazole rings is 1. The van der Waals surface area contributed by atoms with Crippen LogP contribution in [0.2, 0.25) is 0 Å². The number of rotatable bonds is 14. The van der Waals surface area contributed by atoms with Crippen molar-refractivity contribution in [2.45, 2.75) is 90.4 Å². The molecule has 1 saturated heterocycles. The molecule has 2 heterocycles. The third-order valence-electron chi connectivity index (χ3n) is 7.79. The van der Waals surface area contributed by atoms with Gasteiger partial charge in [-0.05, 0) is 58.6 Å². The zero-order valence-electron chi connectivity index (χ0n) is 29.2. The molecule has 1 aliphatic rings. The molecule has 3 aromatic rings. The van der Waals surface area contributed by atoms with Gasteiger partial charge in [0.05, 0.1) is 19.5 Å². The average molecular weight is 690 g/mol. The van der Waals surface area contributed by atoms with Gasteiger partial charge in [0.25, 0.3) is 5.91 Å². The van der Waals surface area contributed by atoms with E-state index in [0.29, 0.717) is 25.9 Å². The monoisotopic (exact) mass is 689 g/mol. The van der Waals surface area contributed by atoms with Gasteiger partial charge in [-0.1, -0.05) is 60.7 Å². The first kappa shape index (κ1) is 37.6. The number of alkyl carbamates (subject to hydrolysis) is 1. The van der Waals surface area contributed by atoms with Crippen LogP contribution in [0.5, 0.6) is 0 Å². The predicted octanol–water partition coefficient (Wildman–Crippen LogP) is 3.13. The van der Waals surface area contributed by atoms with Crippen molar-refractivity contribution in [1.82, 2.24) is 30.4 Å².